The lowest BCUT2D eigenvalue weighted by molar-refractivity contribution is 0.0232. The van der Waals surface area contributed by atoms with Gasteiger partial charge in [-0.2, -0.15) is 0 Å². The van der Waals surface area contributed by atoms with E-state index in [-0.39, 0.29) is 5.38 Å². The number of hydrogen-bond acceptors (Lipinski definition) is 2. The largest absolute Gasteiger partial charge is 0.376 e. The minimum absolute atomic E-state index is 0.185. The number of benzene rings is 1. The summed E-state index contributed by atoms with van der Waals surface area (Å²) in [4.78, 5) is 0. The average molecular weight is 253 g/mol. The lowest BCUT2D eigenvalue weighted by Crippen LogP contribution is -2.14. The maximum absolute atomic E-state index is 6.22. The first-order chi connectivity index (χ1) is 8.33. The molecule has 2 nitrogen and oxygen atoms in total. The highest BCUT2D eigenvalue weighted by Crippen LogP contribution is 2.40. The zero-order valence-corrected chi connectivity index (χ0v) is 10.5. The van der Waals surface area contributed by atoms with Gasteiger partial charge in [0.25, 0.3) is 0 Å². The average Bonchev–Trinajstić information content (AvgIpc) is 2.91. The molecule has 3 rings (SSSR count). The Labute approximate surface area is 107 Å². The first-order valence-corrected chi connectivity index (χ1v) is 6.68. The summed E-state index contributed by atoms with van der Waals surface area (Å²) in [6.45, 7) is 1.40. The van der Waals surface area contributed by atoms with Crippen LogP contribution >= 0.6 is 11.6 Å². The van der Waals surface area contributed by atoms with Crippen LogP contribution in [0.4, 0.5) is 0 Å². The molecule has 0 aromatic heterocycles. The predicted molar refractivity (Wildman–Crippen MR) is 67.1 cm³/mol. The maximum atomic E-state index is 6.22. The third-order valence-electron chi connectivity index (χ3n) is 3.77. The molecule has 4 unspecified atom stereocenters. The molecule has 1 heterocycles. The molecule has 2 fully saturated rings. The second kappa shape index (κ2) is 4.97. The fourth-order valence-electron chi connectivity index (χ4n) is 2.82. The van der Waals surface area contributed by atoms with Crippen LogP contribution in [-0.2, 0) is 16.1 Å². The van der Waals surface area contributed by atoms with Crippen LogP contribution in [0, 0.1) is 5.92 Å². The van der Waals surface area contributed by atoms with Crippen molar-refractivity contribution in [3.05, 3.63) is 35.9 Å². The van der Waals surface area contributed by atoms with E-state index in [2.05, 4.69) is 12.1 Å². The van der Waals surface area contributed by atoms with Gasteiger partial charge in [0.2, 0.25) is 0 Å². The number of halogens is 1. The van der Waals surface area contributed by atoms with E-state index in [1.54, 1.807) is 0 Å². The van der Waals surface area contributed by atoms with Crippen molar-refractivity contribution in [2.45, 2.75) is 37.0 Å². The third-order valence-corrected chi connectivity index (χ3v) is 4.22. The molecule has 2 aliphatic rings. The number of hydrogen-bond donors (Lipinski definition) is 0. The number of rotatable bonds is 3. The summed E-state index contributed by atoms with van der Waals surface area (Å²) in [5.74, 6) is 0.498. The van der Waals surface area contributed by atoms with Gasteiger partial charge in [0.15, 0.2) is 0 Å². The molecule has 0 N–H and O–H groups in total. The maximum Gasteiger partial charge on any atom is 0.0720 e. The van der Waals surface area contributed by atoms with Crippen molar-refractivity contribution in [3.8, 4) is 0 Å². The fraction of sp³-hybridized carbons (Fsp3) is 0.571. The summed E-state index contributed by atoms with van der Waals surface area (Å²) in [7, 11) is 0. The molecule has 1 aliphatic carbocycles. The van der Waals surface area contributed by atoms with Gasteiger partial charge < -0.3 is 9.47 Å². The molecular formula is C14H17ClO2. The Balaban J connectivity index is 1.52. The predicted octanol–water partition coefficient (Wildman–Crippen LogP) is 2.99. The molecule has 3 heteroatoms. The van der Waals surface area contributed by atoms with Crippen LogP contribution < -0.4 is 0 Å². The Morgan fingerprint density at radius 1 is 1.24 bits per heavy atom. The molecular weight excluding hydrogens is 236 g/mol. The molecule has 1 saturated heterocycles. The zero-order chi connectivity index (χ0) is 11.7. The number of fused-ring (bicyclic) bond motifs is 1. The first-order valence-electron chi connectivity index (χ1n) is 6.24. The van der Waals surface area contributed by atoms with Crippen LogP contribution in [0.3, 0.4) is 0 Å². The summed E-state index contributed by atoms with van der Waals surface area (Å²) >= 11 is 6.22. The van der Waals surface area contributed by atoms with Crippen molar-refractivity contribution in [1.82, 2.24) is 0 Å². The van der Waals surface area contributed by atoms with Gasteiger partial charge in [0.05, 0.1) is 30.8 Å². The van der Waals surface area contributed by atoms with Crippen LogP contribution in [0.1, 0.15) is 18.4 Å². The van der Waals surface area contributed by atoms with Crippen molar-refractivity contribution in [2.75, 3.05) is 6.61 Å². The Morgan fingerprint density at radius 3 is 2.82 bits per heavy atom. The zero-order valence-electron chi connectivity index (χ0n) is 9.72. The minimum atomic E-state index is 0.185. The van der Waals surface area contributed by atoms with E-state index >= 15 is 0 Å². The number of alkyl halides is 1. The van der Waals surface area contributed by atoms with E-state index in [4.69, 9.17) is 21.1 Å². The topological polar surface area (TPSA) is 18.5 Å². The molecule has 1 aromatic carbocycles. The van der Waals surface area contributed by atoms with Crippen LogP contribution in [-0.4, -0.2) is 24.2 Å². The van der Waals surface area contributed by atoms with Gasteiger partial charge in [0.1, 0.15) is 0 Å². The molecule has 1 saturated carbocycles. The van der Waals surface area contributed by atoms with Gasteiger partial charge in [-0.25, -0.2) is 0 Å². The van der Waals surface area contributed by atoms with Gasteiger partial charge in [-0.1, -0.05) is 30.3 Å². The van der Waals surface area contributed by atoms with Gasteiger partial charge in [-0.05, 0) is 12.0 Å². The van der Waals surface area contributed by atoms with Crippen LogP contribution in [0.25, 0.3) is 0 Å². The van der Waals surface area contributed by atoms with E-state index in [9.17, 15) is 0 Å². The smallest absolute Gasteiger partial charge is 0.0720 e. The monoisotopic (exact) mass is 252 g/mol. The van der Waals surface area contributed by atoms with E-state index in [0.29, 0.717) is 31.3 Å². The highest BCUT2D eigenvalue weighted by molar-refractivity contribution is 6.21. The first kappa shape index (κ1) is 11.5. The molecule has 0 amide bonds. The second-order valence-electron chi connectivity index (χ2n) is 4.94. The van der Waals surface area contributed by atoms with Crippen LogP contribution in [0.15, 0.2) is 30.3 Å². The Kier molecular flexibility index (Phi) is 3.37. The van der Waals surface area contributed by atoms with Crippen LogP contribution in [0.2, 0.25) is 0 Å². The van der Waals surface area contributed by atoms with E-state index < -0.39 is 0 Å². The van der Waals surface area contributed by atoms with Crippen molar-refractivity contribution < 1.29 is 9.47 Å². The molecule has 0 radical (unpaired) electrons. The molecule has 92 valence electrons. The van der Waals surface area contributed by atoms with Gasteiger partial charge in [-0.15, -0.1) is 11.6 Å². The normalized spacial score (nSPS) is 36.1. The molecule has 1 aromatic rings. The Bertz CT molecular complexity index is 368. The summed E-state index contributed by atoms with van der Waals surface area (Å²) in [6, 6.07) is 10.3. The van der Waals surface area contributed by atoms with Crippen molar-refractivity contribution >= 4 is 11.6 Å². The summed E-state index contributed by atoms with van der Waals surface area (Å²) in [5, 5.41) is 0.185. The lowest BCUT2D eigenvalue weighted by atomic mass is 10.0. The molecule has 0 spiro atoms. The van der Waals surface area contributed by atoms with Crippen molar-refractivity contribution in [1.29, 1.82) is 0 Å². The molecule has 4 atom stereocenters. The second-order valence-corrected chi connectivity index (χ2v) is 5.50. The lowest BCUT2D eigenvalue weighted by Gasteiger charge is -2.13. The van der Waals surface area contributed by atoms with E-state index in [0.717, 1.165) is 12.8 Å². The molecule has 0 bridgehead atoms. The quantitative estimate of drug-likeness (QED) is 0.770. The van der Waals surface area contributed by atoms with Gasteiger partial charge in [0, 0.05) is 12.3 Å². The highest BCUT2D eigenvalue weighted by atomic mass is 35.5. The van der Waals surface area contributed by atoms with E-state index in [1.807, 2.05) is 18.2 Å². The number of ether oxygens (including phenoxy) is 2. The Hall–Kier alpha value is -0.570. The Morgan fingerprint density at radius 2 is 2.06 bits per heavy atom. The summed E-state index contributed by atoms with van der Waals surface area (Å²) in [6.07, 6.45) is 2.69. The standard InChI is InChI=1S/C14H17ClO2/c15-13-9-17-14-7-11(6-12(13)14)16-8-10-4-2-1-3-5-10/h1-5,11-14H,6-9H2. The SMILES string of the molecule is ClC1COC2CC(OCc3ccccc3)CC12. The molecule has 17 heavy (non-hydrogen) atoms. The summed E-state index contributed by atoms with van der Waals surface area (Å²) < 4.78 is 11.6. The minimum Gasteiger partial charge on any atom is -0.376 e. The highest BCUT2D eigenvalue weighted by Gasteiger charge is 2.44. The summed E-state index contributed by atoms with van der Waals surface area (Å²) in [5.41, 5.74) is 1.23. The van der Waals surface area contributed by atoms with Gasteiger partial charge in [-0.3, -0.25) is 0 Å². The third kappa shape index (κ3) is 2.49. The van der Waals surface area contributed by atoms with Gasteiger partial charge >= 0.3 is 0 Å². The molecule has 1 aliphatic heterocycles. The van der Waals surface area contributed by atoms with Crippen molar-refractivity contribution in [3.63, 3.8) is 0 Å². The van der Waals surface area contributed by atoms with Crippen molar-refractivity contribution in [2.24, 2.45) is 5.92 Å². The van der Waals surface area contributed by atoms with Crippen LogP contribution in [0.5, 0.6) is 0 Å². The fourth-order valence-corrected chi connectivity index (χ4v) is 3.16. The van der Waals surface area contributed by atoms with E-state index in [1.165, 1.54) is 5.56 Å².